The smallest absolute Gasteiger partial charge is 0.229 e. The average molecular weight is 460 g/mol. The molecular weight excluding hydrogens is 422 g/mol. The average Bonchev–Trinajstić information content (AvgIpc) is 3.65. The molecule has 2 aromatic heterocycles. The zero-order valence-corrected chi connectivity index (χ0v) is 20.5. The molecule has 0 atom stereocenters. The van der Waals surface area contributed by atoms with Crippen molar-refractivity contribution in [2.45, 2.75) is 39.2 Å². The van der Waals surface area contributed by atoms with E-state index in [1.807, 2.05) is 0 Å². The standard InChI is InChI=1S/C27H37N7/c1-21-6-8-22(9-7-21)24-20-23-25(32-12-2-3-13-32)29-27(33-14-4-5-15-33)30-26(23)34(24)19-18-31-16-10-28-11-17-31/h6-9,20,28H,2-5,10-19H2,1H3. The van der Waals surface area contributed by atoms with Crippen molar-refractivity contribution in [1.29, 1.82) is 0 Å². The summed E-state index contributed by atoms with van der Waals surface area (Å²) in [5.74, 6) is 2.06. The summed E-state index contributed by atoms with van der Waals surface area (Å²) in [5.41, 5.74) is 4.92. The monoisotopic (exact) mass is 459 g/mol. The quantitative estimate of drug-likeness (QED) is 0.609. The van der Waals surface area contributed by atoms with Gasteiger partial charge in [-0.3, -0.25) is 4.90 Å². The molecule has 34 heavy (non-hydrogen) atoms. The minimum absolute atomic E-state index is 0.920. The van der Waals surface area contributed by atoms with Crippen LogP contribution in [-0.4, -0.2) is 78.3 Å². The maximum Gasteiger partial charge on any atom is 0.229 e. The summed E-state index contributed by atoms with van der Waals surface area (Å²) in [6, 6.07) is 11.3. The Balaban J connectivity index is 1.48. The van der Waals surface area contributed by atoms with E-state index >= 15 is 0 Å². The number of nitrogens with one attached hydrogen (secondary N) is 1. The number of piperazine rings is 1. The second-order valence-electron chi connectivity index (χ2n) is 10.1. The van der Waals surface area contributed by atoms with Gasteiger partial charge in [0.05, 0.1) is 11.1 Å². The van der Waals surface area contributed by atoms with E-state index in [2.05, 4.69) is 61.8 Å². The fourth-order valence-electron chi connectivity index (χ4n) is 5.69. The number of aryl methyl sites for hydroxylation is 1. The van der Waals surface area contributed by atoms with Crippen molar-refractivity contribution < 1.29 is 0 Å². The Morgan fingerprint density at radius 2 is 1.47 bits per heavy atom. The van der Waals surface area contributed by atoms with E-state index in [9.17, 15) is 0 Å². The van der Waals surface area contributed by atoms with Crippen LogP contribution in [0.3, 0.4) is 0 Å². The zero-order chi connectivity index (χ0) is 22.9. The Bertz CT molecular complexity index is 1120. The molecule has 1 aromatic carbocycles. The molecule has 5 heterocycles. The first-order chi connectivity index (χ1) is 16.8. The molecule has 0 radical (unpaired) electrons. The lowest BCUT2D eigenvalue weighted by molar-refractivity contribution is 0.233. The summed E-state index contributed by atoms with van der Waals surface area (Å²) in [5, 5.41) is 4.69. The van der Waals surface area contributed by atoms with Crippen molar-refractivity contribution in [3.63, 3.8) is 0 Å². The van der Waals surface area contributed by atoms with Crippen LogP contribution >= 0.6 is 0 Å². The number of hydrogen-bond acceptors (Lipinski definition) is 6. The highest BCUT2D eigenvalue weighted by Gasteiger charge is 2.25. The molecule has 0 amide bonds. The van der Waals surface area contributed by atoms with Gasteiger partial charge >= 0.3 is 0 Å². The first kappa shape index (κ1) is 21.9. The van der Waals surface area contributed by atoms with Gasteiger partial charge in [-0.1, -0.05) is 29.8 Å². The Morgan fingerprint density at radius 1 is 0.794 bits per heavy atom. The molecule has 1 N–H and O–H groups in total. The minimum atomic E-state index is 0.920. The minimum Gasteiger partial charge on any atom is -0.356 e. The summed E-state index contributed by atoms with van der Waals surface area (Å²) < 4.78 is 2.48. The lowest BCUT2D eigenvalue weighted by atomic mass is 10.1. The van der Waals surface area contributed by atoms with Crippen LogP contribution in [0, 0.1) is 6.92 Å². The Morgan fingerprint density at radius 3 is 2.18 bits per heavy atom. The maximum absolute atomic E-state index is 5.24. The fraction of sp³-hybridized carbons (Fsp3) is 0.556. The van der Waals surface area contributed by atoms with Crippen molar-refractivity contribution in [3.05, 3.63) is 35.9 Å². The molecule has 0 spiro atoms. The Kier molecular flexibility index (Phi) is 6.14. The highest BCUT2D eigenvalue weighted by molar-refractivity contribution is 5.94. The van der Waals surface area contributed by atoms with Crippen LogP contribution in [-0.2, 0) is 6.54 Å². The molecule has 180 valence electrons. The van der Waals surface area contributed by atoms with E-state index < -0.39 is 0 Å². The first-order valence-electron chi connectivity index (χ1n) is 13.2. The van der Waals surface area contributed by atoms with Gasteiger partial charge < -0.3 is 19.7 Å². The number of aromatic nitrogens is 3. The molecule has 3 aliphatic heterocycles. The van der Waals surface area contributed by atoms with Crippen LogP contribution in [0.1, 0.15) is 31.2 Å². The summed E-state index contributed by atoms with van der Waals surface area (Å²) >= 11 is 0. The second-order valence-corrected chi connectivity index (χ2v) is 10.1. The predicted molar refractivity (Wildman–Crippen MR) is 140 cm³/mol. The second kappa shape index (κ2) is 9.55. The Hall–Kier alpha value is -2.64. The van der Waals surface area contributed by atoms with Crippen molar-refractivity contribution in [2.24, 2.45) is 0 Å². The van der Waals surface area contributed by atoms with Crippen molar-refractivity contribution in [1.82, 2.24) is 24.8 Å². The van der Waals surface area contributed by atoms with Crippen LogP contribution in [0.5, 0.6) is 0 Å². The summed E-state index contributed by atoms with van der Waals surface area (Å²) in [4.78, 5) is 17.9. The van der Waals surface area contributed by atoms with Crippen LogP contribution < -0.4 is 15.1 Å². The highest BCUT2D eigenvalue weighted by atomic mass is 15.3. The molecule has 3 saturated heterocycles. The van der Waals surface area contributed by atoms with E-state index in [4.69, 9.17) is 9.97 Å². The molecule has 0 aliphatic carbocycles. The summed E-state index contributed by atoms with van der Waals surface area (Å²) in [7, 11) is 0. The number of fused-ring (bicyclic) bond motifs is 1. The normalized spacial score (nSPS) is 19.6. The summed E-state index contributed by atoms with van der Waals surface area (Å²) in [6.45, 7) is 12.9. The van der Waals surface area contributed by atoms with E-state index in [0.717, 1.165) is 82.9 Å². The van der Waals surface area contributed by atoms with E-state index in [0.29, 0.717) is 0 Å². The third-order valence-corrected chi connectivity index (χ3v) is 7.71. The van der Waals surface area contributed by atoms with Gasteiger partial charge in [-0.15, -0.1) is 0 Å². The third-order valence-electron chi connectivity index (χ3n) is 7.71. The fourth-order valence-corrected chi connectivity index (χ4v) is 5.69. The lowest BCUT2D eigenvalue weighted by Gasteiger charge is -2.27. The van der Waals surface area contributed by atoms with E-state index in [1.165, 1.54) is 47.9 Å². The van der Waals surface area contributed by atoms with Gasteiger partial charge in [-0.25, -0.2) is 0 Å². The SMILES string of the molecule is Cc1ccc(-c2cc3c(N4CCCC4)nc(N4CCCC4)nc3n2CCN2CCNCC2)cc1. The van der Waals surface area contributed by atoms with Crippen LogP contribution in [0.25, 0.3) is 22.3 Å². The number of rotatable bonds is 6. The number of hydrogen-bond donors (Lipinski definition) is 1. The molecule has 3 aliphatic rings. The third kappa shape index (κ3) is 4.27. The van der Waals surface area contributed by atoms with E-state index in [-0.39, 0.29) is 0 Å². The number of anilines is 2. The van der Waals surface area contributed by atoms with Gasteiger partial charge in [0.1, 0.15) is 11.5 Å². The van der Waals surface area contributed by atoms with Crippen molar-refractivity contribution >= 4 is 22.8 Å². The topological polar surface area (TPSA) is 52.5 Å². The van der Waals surface area contributed by atoms with Crippen LogP contribution in [0.2, 0.25) is 0 Å². The molecule has 7 heteroatoms. The Labute approximate surface area is 202 Å². The van der Waals surface area contributed by atoms with Crippen molar-refractivity contribution in [2.75, 3.05) is 68.7 Å². The van der Waals surface area contributed by atoms with Crippen LogP contribution in [0.4, 0.5) is 11.8 Å². The first-order valence-corrected chi connectivity index (χ1v) is 13.2. The molecule has 0 saturated carbocycles. The van der Waals surface area contributed by atoms with E-state index in [1.54, 1.807) is 0 Å². The van der Waals surface area contributed by atoms with Gasteiger partial charge in [0.15, 0.2) is 0 Å². The van der Waals surface area contributed by atoms with Crippen LogP contribution in [0.15, 0.2) is 30.3 Å². The highest BCUT2D eigenvalue weighted by Crippen LogP contribution is 2.35. The van der Waals surface area contributed by atoms with Gasteiger partial charge in [-0.05, 0) is 44.2 Å². The molecule has 3 aromatic rings. The number of benzene rings is 1. The number of nitrogens with zero attached hydrogens (tertiary/aromatic N) is 6. The van der Waals surface area contributed by atoms with Crippen molar-refractivity contribution in [3.8, 4) is 11.3 Å². The summed E-state index contributed by atoms with van der Waals surface area (Å²) in [6.07, 6.45) is 4.97. The zero-order valence-electron chi connectivity index (χ0n) is 20.5. The van der Waals surface area contributed by atoms with Gasteiger partial charge in [-0.2, -0.15) is 9.97 Å². The van der Waals surface area contributed by atoms with Gasteiger partial charge in [0.2, 0.25) is 5.95 Å². The van der Waals surface area contributed by atoms with Gasteiger partial charge in [0, 0.05) is 65.4 Å². The molecule has 3 fully saturated rings. The molecule has 7 nitrogen and oxygen atoms in total. The van der Waals surface area contributed by atoms with Gasteiger partial charge in [0.25, 0.3) is 0 Å². The molecule has 0 unspecified atom stereocenters. The maximum atomic E-state index is 5.24. The molecule has 6 rings (SSSR count). The largest absolute Gasteiger partial charge is 0.356 e. The molecule has 0 bridgehead atoms. The predicted octanol–water partition coefficient (Wildman–Crippen LogP) is 3.51. The lowest BCUT2D eigenvalue weighted by Crippen LogP contribution is -2.44. The molecular formula is C27H37N7.